The Morgan fingerprint density at radius 2 is 1.75 bits per heavy atom. The number of nitrogens with zero attached hydrogens (tertiary/aromatic N) is 2. The molecule has 0 bridgehead atoms. The molecule has 0 fully saturated rings. The Balaban J connectivity index is 1.67. The molecule has 0 aliphatic carbocycles. The normalized spacial score (nSPS) is 12.0. The lowest BCUT2D eigenvalue weighted by Crippen LogP contribution is -2.34. The number of ether oxygens (including phenoxy) is 1. The average Bonchev–Trinajstić information content (AvgIpc) is 3.28. The minimum atomic E-state index is -0.658. The molecule has 214 valence electrons. The van der Waals surface area contributed by atoms with Crippen LogP contribution in [0.5, 0.6) is 0 Å². The molecular formula is C28H35FN6O4S. The van der Waals surface area contributed by atoms with E-state index < -0.39 is 29.7 Å². The quantitative estimate of drug-likeness (QED) is 0.250. The summed E-state index contributed by atoms with van der Waals surface area (Å²) >= 11 is 1.31. The van der Waals surface area contributed by atoms with Gasteiger partial charge < -0.3 is 25.6 Å². The van der Waals surface area contributed by atoms with Gasteiger partial charge in [0.05, 0.1) is 17.4 Å². The lowest BCUT2D eigenvalue weighted by atomic mass is 10.1. The number of rotatable bonds is 9. The van der Waals surface area contributed by atoms with Gasteiger partial charge in [-0.05, 0) is 90.1 Å². The van der Waals surface area contributed by atoms with Crippen LogP contribution in [0.2, 0.25) is 0 Å². The maximum Gasteiger partial charge on any atom is 0.412 e. The fraction of sp³-hybridized carbons (Fsp3) is 0.357. The second kappa shape index (κ2) is 13.4. The smallest absolute Gasteiger partial charge is 0.412 e. The Kier molecular flexibility index (Phi) is 10.2. The molecule has 0 saturated heterocycles. The SMILES string of the molecule is Cc1cc(NC(=O)NC(CCN(C)C)c2ccc(C(=O)Nc3cscc3NC(=O)OC(C)(C)C)nc2)ccc1F. The van der Waals surface area contributed by atoms with Crippen molar-refractivity contribution < 1.29 is 23.5 Å². The van der Waals surface area contributed by atoms with E-state index in [1.54, 1.807) is 62.9 Å². The standard InChI is InChI=1S/C28H35FN6O4S/c1-17-13-19(8-9-20(17)29)31-26(37)33-21(11-12-35(5)6)18-7-10-22(30-14-18)25(36)32-23-15-40-16-24(23)34-27(38)39-28(2,3)4/h7-10,13-16,21H,11-12H2,1-6H3,(H,32,36)(H,34,38)(H2,31,33,37). The molecule has 12 heteroatoms. The van der Waals surface area contributed by atoms with Gasteiger partial charge in [-0.3, -0.25) is 15.1 Å². The summed E-state index contributed by atoms with van der Waals surface area (Å²) in [6, 6.07) is 6.82. The van der Waals surface area contributed by atoms with E-state index in [9.17, 15) is 18.8 Å². The fourth-order valence-electron chi connectivity index (χ4n) is 3.59. The molecule has 10 nitrogen and oxygen atoms in total. The number of hydrogen-bond donors (Lipinski definition) is 4. The summed E-state index contributed by atoms with van der Waals surface area (Å²) < 4.78 is 18.8. The number of anilines is 3. The van der Waals surface area contributed by atoms with Gasteiger partial charge in [-0.1, -0.05) is 6.07 Å². The third-order valence-corrected chi connectivity index (χ3v) is 6.30. The van der Waals surface area contributed by atoms with Crippen LogP contribution in [0.1, 0.15) is 54.8 Å². The Morgan fingerprint density at radius 1 is 1.05 bits per heavy atom. The lowest BCUT2D eigenvalue weighted by molar-refractivity contribution is 0.0635. The molecule has 1 unspecified atom stereocenters. The highest BCUT2D eigenvalue weighted by molar-refractivity contribution is 7.09. The van der Waals surface area contributed by atoms with Crippen LogP contribution in [0.4, 0.5) is 31.0 Å². The summed E-state index contributed by atoms with van der Waals surface area (Å²) in [6.07, 6.45) is 1.51. The molecule has 4 N–H and O–H groups in total. The van der Waals surface area contributed by atoms with Gasteiger partial charge in [-0.25, -0.2) is 14.0 Å². The number of carbonyl (C=O) groups excluding carboxylic acids is 3. The largest absolute Gasteiger partial charge is 0.444 e. The Bertz CT molecular complexity index is 1340. The molecule has 2 heterocycles. The number of amides is 4. The van der Waals surface area contributed by atoms with Crippen LogP contribution in [0.25, 0.3) is 0 Å². The van der Waals surface area contributed by atoms with Gasteiger partial charge in [0.25, 0.3) is 5.91 Å². The van der Waals surface area contributed by atoms with Crippen molar-refractivity contribution in [2.24, 2.45) is 0 Å². The number of halogens is 1. The molecule has 4 amide bonds. The molecule has 0 spiro atoms. The van der Waals surface area contributed by atoms with Crippen molar-refractivity contribution in [1.82, 2.24) is 15.2 Å². The molecule has 0 radical (unpaired) electrons. The second-order valence-corrected chi connectivity index (χ2v) is 11.2. The molecule has 0 aliphatic heterocycles. The van der Waals surface area contributed by atoms with Crippen molar-refractivity contribution >= 4 is 46.4 Å². The van der Waals surface area contributed by atoms with E-state index in [1.165, 1.54) is 23.5 Å². The molecule has 1 atom stereocenters. The van der Waals surface area contributed by atoms with Gasteiger partial charge in [0.1, 0.15) is 17.1 Å². The highest BCUT2D eigenvalue weighted by atomic mass is 32.1. The Morgan fingerprint density at radius 3 is 2.35 bits per heavy atom. The number of nitrogens with one attached hydrogen (secondary N) is 4. The fourth-order valence-corrected chi connectivity index (χ4v) is 4.31. The maximum atomic E-state index is 13.6. The van der Waals surface area contributed by atoms with Crippen molar-refractivity contribution in [2.45, 2.75) is 45.8 Å². The number of carbonyl (C=O) groups is 3. The van der Waals surface area contributed by atoms with E-state index in [1.807, 2.05) is 19.0 Å². The third kappa shape index (κ3) is 9.31. The van der Waals surface area contributed by atoms with Crippen molar-refractivity contribution in [3.63, 3.8) is 0 Å². The van der Waals surface area contributed by atoms with E-state index >= 15 is 0 Å². The molecule has 40 heavy (non-hydrogen) atoms. The van der Waals surface area contributed by atoms with Gasteiger partial charge in [0, 0.05) is 22.6 Å². The summed E-state index contributed by atoms with van der Waals surface area (Å²) in [5.74, 6) is -0.807. The summed E-state index contributed by atoms with van der Waals surface area (Å²) in [5, 5.41) is 14.4. The first-order valence-electron chi connectivity index (χ1n) is 12.6. The zero-order chi connectivity index (χ0) is 29.4. The van der Waals surface area contributed by atoms with Gasteiger partial charge in [-0.2, -0.15) is 0 Å². The summed E-state index contributed by atoms with van der Waals surface area (Å²) in [7, 11) is 3.86. The van der Waals surface area contributed by atoms with Crippen LogP contribution >= 0.6 is 11.3 Å². The number of aryl methyl sites for hydroxylation is 1. The molecule has 0 aliphatic rings. The van der Waals surface area contributed by atoms with Crippen molar-refractivity contribution in [3.05, 3.63) is 69.9 Å². The summed E-state index contributed by atoms with van der Waals surface area (Å²) in [6.45, 7) is 7.60. The van der Waals surface area contributed by atoms with Crippen molar-refractivity contribution in [1.29, 1.82) is 0 Å². The van der Waals surface area contributed by atoms with E-state index in [0.717, 1.165) is 0 Å². The van der Waals surface area contributed by atoms with Crippen molar-refractivity contribution in [3.8, 4) is 0 Å². The zero-order valence-corrected chi connectivity index (χ0v) is 24.2. The first kappa shape index (κ1) is 30.5. The van der Waals surface area contributed by atoms with Crippen LogP contribution in [0.3, 0.4) is 0 Å². The summed E-state index contributed by atoms with van der Waals surface area (Å²) in [4.78, 5) is 44.0. The summed E-state index contributed by atoms with van der Waals surface area (Å²) in [5.41, 5.74) is 1.96. The number of hydrogen-bond acceptors (Lipinski definition) is 7. The van der Waals surface area contributed by atoms with Crippen LogP contribution < -0.4 is 21.3 Å². The molecular weight excluding hydrogens is 535 g/mol. The van der Waals surface area contributed by atoms with E-state index in [-0.39, 0.29) is 11.5 Å². The van der Waals surface area contributed by atoms with Gasteiger partial charge in [0.2, 0.25) is 0 Å². The number of benzene rings is 1. The van der Waals surface area contributed by atoms with Crippen LogP contribution in [0, 0.1) is 12.7 Å². The number of urea groups is 1. The van der Waals surface area contributed by atoms with E-state index in [0.29, 0.717) is 41.2 Å². The zero-order valence-electron chi connectivity index (χ0n) is 23.4. The highest BCUT2D eigenvalue weighted by Gasteiger charge is 2.20. The number of aromatic nitrogens is 1. The molecule has 3 aromatic rings. The molecule has 3 rings (SSSR count). The highest BCUT2D eigenvalue weighted by Crippen LogP contribution is 2.28. The molecule has 2 aromatic heterocycles. The predicted octanol–water partition coefficient (Wildman–Crippen LogP) is 6.00. The van der Waals surface area contributed by atoms with Crippen molar-refractivity contribution in [2.75, 3.05) is 36.6 Å². The maximum absolute atomic E-state index is 13.6. The van der Waals surface area contributed by atoms with Gasteiger partial charge in [-0.15, -0.1) is 11.3 Å². The number of pyridine rings is 1. The monoisotopic (exact) mass is 570 g/mol. The van der Waals surface area contributed by atoms with Crippen LogP contribution in [-0.2, 0) is 4.74 Å². The molecule has 0 saturated carbocycles. The van der Waals surface area contributed by atoms with E-state index in [2.05, 4.69) is 26.3 Å². The van der Waals surface area contributed by atoms with Gasteiger partial charge >= 0.3 is 12.1 Å². The Labute approximate surface area is 237 Å². The minimum Gasteiger partial charge on any atom is -0.444 e. The first-order chi connectivity index (χ1) is 18.8. The topological polar surface area (TPSA) is 125 Å². The van der Waals surface area contributed by atoms with Gasteiger partial charge in [0.15, 0.2) is 0 Å². The third-order valence-electron chi connectivity index (χ3n) is 5.55. The lowest BCUT2D eigenvalue weighted by Gasteiger charge is -2.21. The first-order valence-corrected chi connectivity index (χ1v) is 13.6. The predicted molar refractivity (Wildman–Crippen MR) is 156 cm³/mol. The van der Waals surface area contributed by atoms with E-state index in [4.69, 9.17) is 4.74 Å². The Hall–Kier alpha value is -4.03. The second-order valence-electron chi connectivity index (χ2n) is 10.5. The number of thiophene rings is 1. The van der Waals surface area contributed by atoms with Crippen LogP contribution in [0.15, 0.2) is 47.3 Å². The average molecular weight is 571 g/mol. The minimum absolute atomic E-state index is 0.163. The van der Waals surface area contributed by atoms with Crippen LogP contribution in [-0.4, -0.2) is 54.2 Å². The molecule has 1 aromatic carbocycles.